The summed E-state index contributed by atoms with van der Waals surface area (Å²) in [6.45, 7) is 1.78. The van der Waals surface area contributed by atoms with E-state index in [0.29, 0.717) is 11.4 Å². The van der Waals surface area contributed by atoms with Crippen LogP contribution in [0.3, 0.4) is 0 Å². The van der Waals surface area contributed by atoms with Gasteiger partial charge in [0.05, 0.1) is 19.0 Å². The molecule has 2 rings (SSSR count). The Kier molecular flexibility index (Phi) is 3.34. The summed E-state index contributed by atoms with van der Waals surface area (Å²) in [6, 6.07) is 5.03. The van der Waals surface area contributed by atoms with Gasteiger partial charge in [-0.15, -0.1) is 0 Å². The van der Waals surface area contributed by atoms with Gasteiger partial charge in [-0.2, -0.15) is 5.10 Å². The molecule has 0 radical (unpaired) electrons. The van der Waals surface area contributed by atoms with Gasteiger partial charge in [-0.1, -0.05) is 0 Å². The summed E-state index contributed by atoms with van der Waals surface area (Å²) in [6.07, 6.45) is 1.16. The molecule has 19 heavy (non-hydrogen) atoms. The number of aromatic nitrogens is 2. The van der Waals surface area contributed by atoms with Gasteiger partial charge in [0, 0.05) is 0 Å². The van der Waals surface area contributed by atoms with Crippen LogP contribution in [0.25, 0.3) is 0 Å². The Morgan fingerprint density at radius 3 is 2.68 bits per heavy atom. The number of nitrogen functional groups attached to an aromatic ring is 1. The van der Waals surface area contributed by atoms with Gasteiger partial charge in [0.2, 0.25) is 0 Å². The topological polar surface area (TPSA) is 110 Å². The molecule has 0 saturated carbocycles. The molecule has 0 aliphatic heterocycles. The maximum Gasteiger partial charge on any atom is 0.267 e. The van der Waals surface area contributed by atoms with Crippen molar-refractivity contribution in [1.29, 1.82) is 0 Å². The van der Waals surface area contributed by atoms with Gasteiger partial charge < -0.3 is 10.5 Å². The van der Waals surface area contributed by atoms with Crippen molar-refractivity contribution >= 4 is 21.5 Å². The maximum atomic E-state index is 12.1. The summed E-state index contributed by atoms with van der Waals surface area (Å²) in [5.41, 5.74) is 6.71. The number of methoxy groups -OCH3 is 1. The summed E-state index contributed by atoms with van der Waals surface area (Å²) in [4.78, 5) is -0.0808. The zero-order valence-corrected chi connectivity index (χ0v) is 11.3. The molecule has 8 heteroatoms. The van der Waals surface area contributed by atoms with Crippen LogP contribution in [-0.2, 0) is 10.0 Å². The zero-order chi connectivity index (χ0) is 14.0. The number of sulfonamides is 1. The number of nitrogens with zero attached hydrogens (tertiary/aromatic N) is 1. The van der Waals surface area contributed by atoms with Crippen molar-refractivity contribution in [2.75, 3.05) is 17.6 Å². The fraction of sp³-hybridized carbons (Fsp3) is 0.182. The third-order valence-corrected chi connectivity index (χ3v) is 3.99. The number of hydrogen-bond donors (Lipinski definition) is 3. The van der Waals surface area contributed by atoms with Crippen molar-refractivity contribution in [2.24, 2.45) is 0 Å². The van der Waals surface area contributed by atoms with E-state index in [2.05, 4.69) is 14.9 Å². The molecule has 0 spiro atoms. The van der Waals surface area contributed by atoms with Gasteiger partial charge >= 0.3 is 0 Å². The third kappa shape index (κ3) is 2.63. The quantitative estimate of drug-likeness (QED) is 0.778. The highest BCUT2D eigenvalue weighted by Gasteiger charge is 2.20. The van der Waals surface area contributed by atoms with Crippen molar-refractivity contribution in [3.8, 4) is 5.75 Å². The van der Waals surface area contributed by atoms with Gasteiger partial charge in [-0.05, 0) is 30.7 Å². The van der Waals surface area contributed by atoms with Crippen molar-refractivity contribution < 1.29 is 13.2 Å². The summed E-state index contributed by atoms with van der Waals surface area (Å²) < 4.78 is 31.7. The number of rotatable bonds is 4. The van der Waals surface area contributed by atoms with E-state index >= 15 is 0 Å². The van der Waals surface area contributed by atoms with Crippen molar-refractivity contribution in [2.45, 2.75) is 11.8 Å². The number of aryl methyl sites for hydroxylation is 1. The minimum Gasteiger partial charge on any atom is -0.497 e. The number of nitrogens with one attached hydrogen (secondary N) is 2. The number of anilines is 2. The minimum atomic E-state index is -3.75. The molecule has 1 aromatic heterocycles. The molecule has 0 unspecified atom stereocenters. The predicted molar refractivity (Wildman–Crippen MR) is 71.5 cm³/mol. The van der Waals surface area contributed by atoms with Crippen LogP contribution in [0.2, 0.25) is 0 Å². The van der Waals surface area contributed by atoms with Crippen molar-refractivity contribution in [3.05, 3.63) is 30.0 Å². The lowest BCUT2D eigenvalue weighted by Crippen LogP contribution is -2.14. The normalized spacial score (nSPS) is 11.3. The smallest absolute Gasteiger partial charge is 0.267 e. The number of nitrogens with two attached hydrogens (primary N) is 1. The van der Waals surface area contributed by atoms with Crippen LogP contribution in [0.5, 0.6) is 5.75 Å². The number of ether oxygens (including phenoxy) is 1. The lowest BCUT2D eigenvalue weighted by molar-refractivity contribution is 0.414. The molecule has 102 valence electrons. The fourth-order valence-electron chi connectivity index (χ4n) is 1.58. The highest BCUT2D eigenvalue weighted by atomic mass is 32.2. The van der Waals surface area contributed by atoms with E-state index in [9.17, 15) is 8.42 Å². The highest BCUT2D eigenvalue weighted by molar-refractivity contribution is 7.92. The lowest BCUT2D eigenvalue weighted by atomic mass is 10.2. The van der Waals surface area contributed by atoms with Gasteiger partial charge in [0.1, 0.15) is 16.5 Å². The van der Waals surface area contributed by atoms with E-state index in [1.807, 2.05) is 0 Å². The number of benzene rings is 1. The molecule has 0 saturated heterocycles. The molecule has 0 bridgehead atoms. The van der Waals surface area contributed by atoms with Crippen LogP contribution < -0.4 is 15.2 Å². The monoisotopic (exact) mass is 282 g/mol. The molecular weight excluding hydrogens is 268 g/mol. The maximum absolute atomic E-state index is 12.1. The summed E-state index contributed by atoms with van der Waals surface area (Å²) in [5.74, 6) is 0.655. The zero-order valence-electron chi connectivity index (χ0n) is 10.5. The fourth-order valence-corrected chi connectivity index (χ4v) is 2.73. The molecule has 0 atom stereocenters. The summed E-state index contributed by atoms with van der Waals surface area (Å²) in [5, 5.41) is 5.97. The second-order valence-corrected chi connectivity index (χ2v) is 5.59. The van der Waals surface area contributed by atoms with Crippen LogP contribution in [0.4, 0.5) is 11.5 Å². The standard InChI is InChI=1S/C11H14N4O3S/c1-7-5-8(18-2)3-4-9(7)15-19(16,17)10-6-13-14-11(10)12/h3-6,15H,1-2H3,(H3,12,13,14). The lowest BCUT2D eigenvalue weighted by Gasteiger charge is -2.10. The largest absolute Gasteiger partial charge is 0.497 e. The first-order valence-corrected chi connectivity index (χ1v) is 6.88. The van der Waals surface area contributed by atoms with Crippen molar-refractivity contribution in [1.82, 2.24) is 10.2 Å². The van der Waals surface area contributed by atoms with E-state index in [-0.39, 0.29) is 10.7 Å². The Morgan fingerprint density at radius 1 is 1.42 bits per heavy atom. The van der Waals surface area contributed by atoms with E-state index < -0.39 is 10.0 Å². The molecule has 1 heterocycles. The van der Waals surface area contributed by atoms with Crippen LogP contribution in [0.1, 0.15) is 5.56 Å². The Bertz CT molecular complexity index is 694. The van der Waals surface area contributed by atoms with E-state index in [1.54, 1.807) is 32.2 Å². The minimum absolute atomic E-state index is 0.00124. The van der Waals surface area contributed by atoms with Crippen molar-refractivity contribution in [3.63, 3.8) is 0 Å². The van der Waals surface area contributed by atoms with Crippen LogP contribution in [-0.4, -0.2) is 25.7 Å². The molecule has 0 amide bonds. The average molecular weight is 282 g/mol. The molecule has 4 N–H and O–H groups in total. The van der Waals surface area contributed by atoms with Gasteiger partial charge in [0.25, 0.3) is 10.0 Å². The Balaban J connectivity index is 2.34. The SMILES string of the molecule is COc1ccc(NS(=O)(=O)c2cn[nH]c2N)c(C)c1. The molecule has 7 nitrogen and oxygen atoms in total. The number of aromatic amines is 1. The van der Waals surface area contributed by atoms with Gasteiger partial charge in [-0.25, -0.2) is 8.42 Å². The Hall–Kier alpha value is -2.22. The van der Waals surface area contributed by atoms with E-state index in [4.69, 9.17) is 10.5 Å². The summed E-state index contributed by atoms with van der Waals surface area (Å²) >= 11 is 0. The van der Waals surface area contributed by atoms with Crippen LogP contribution in [0.15, 0.2) is 29.3 Å². The Morgan fingerprint density at radius 2 is 2.16 bits per heavy atom. The molecule has 2 aromatic rings. The average Bonchev–Trinajstić information content (AvgIpc) is 2.79. The Labute approximate surface area is 110 Å². The number of H-pyrrole nitrogens is 1. The first kappa shape index (κ1) is 13.2. The molecule has 1 aromatic carbocycles. The van der Waals surface area contributed by atoms with E-state index in [0.717, 1.165) is 11.8 Å². The first-order chi connectivity index (χ1) is 8.94. The summed E-state index contributed by atoms with van der Waals surface area (Å²) in [7, 11) is -2.21. The highest BCUT2D eigenvalue weighted by Crippen LogP contribution is 2.24. The molecular formula is C11H14N4O3S. The second kappa shape index (κ2) is 4.81. The number of hydrogen-bond acceptors (Lipinski definition) is 5. The second-order valence-electron chi connectivity index (χ2n) is 3.93. The molecule has 0 fully saturated rings. The van der Waals surface area contributed by atoms with Crippen LogP contribution >= 0.6 is 0 Å². The molecule has 0 aliphatic carbocycles. The van der Waals surface area contributed by atoms with Crippen LogP contribution in [0, 0.1) is 6.92 Å². The first-order valence-electron chi connectivity index (χ1n) is 5.40. The predicted octanol–water partition coefficient (Wildman–Crippen LogP) is 1.11. The van der Waals surface area contributed by atoms with Gasteiger partial charge in [-0.3, -0.25) is 9.82 Å². The molecule has 0 aliphatic rings. The van der Waals surface area contributed by atoms with E-state index in [1.165, 1.54) is 0 Å². The van der Waals surface area contributed by atoms with Gasteiger partial charge in [0.15, 0.2) is 0 Å². The third-order valence-electron chi connectivity index (χ3n) is 2.60.